The van der Waals surface area contributed by atoms with E-state index in [1.807, 2.05) is 0 Å². The van der Waals surface area contributed by atoms with Crippen molar-refractivity contribution in [2.24, 2.45) is 5.73 Å². The van der Waals surface area contributed by atoms with Crippen LogP contribution in [-0.4, -0.2) is 39.3 Å². The standard InChI is InChI=1S/C9H19NO3/c1-11-9(12-2)6-13-8-5-3-4-7(8)10/h7-9H,3-6,10H2,1-2H3. The molecule has 0 aromatic carbocycles. The van der Waals surface area contributed by atoms with Crippen molar-refractivity contribution in [2.75, 3.05) is 20.8 Å². The Kier molecular flexibility index (Phi) is 4.66. The highest BCUT2D eigenvalue weighted by Gasteiger charge is 2.25. The lowest BCUT2D eigenvalue weighted by atomic mass is 10.2. The highest BCUT2D eigenvalue weighted by Crippen LogP contribution is 2.20. The van der Waals surface area contributed by atoms with E-state index in [4.69, 9.17) is 19.9 Å². The fourth-order valence-electron chi connectivity index (χ4n) is 1.60. The fourth-order valence-corrected chi connectivity index (χ4v) is 1.60. The molecular formula is C9H19NO3. The highest BCUT2D eigenvalue weighted by atomic mass is 16.7. The molecule has 0 bridgehead atoms. The van der Waals surface area contributed by atoms with Crippen LogP contribution in [0.15, 0.2) is 0 Å². The van der Waals surface area contributed by atoms with Gasteiger partial charge in [0, 0.05) is 20.3 Å². The molecule has 78 valence electrons. The van der Waals surface area contributed by atoms with Crippen molar-refractivity contribution in [3.05, 3.63) is 0 Å². The molecule has 0 amide bonds. The van der Waals surface area contributed by atoms with Gasteiger partial charge in [-0.15, -0.1) is 0 Å². The zero-order valence-electron chi connectivity index (χ0n) is 8.36. The van der Waals surface area contributed by atoms with E-state index in [9.17, 15) is 0 Å². The fraction of sp³-hybridized carbons (Fsp3) is 1.00. The molecule has 1 fully saturated rings. The number of nitrogens with two attached hydrogens (primary N) is 1. The van der Waals surface area contributed by atoms with E-state index >= 15 is 0 Å². The van der Waals surface area contributed by atoms with Gasteiger partial charge in [0.15, 0.2) is 6.29 Å². The zero-order chi connectivity index (χ0) is 9.68. The number of ether oxygens (including phenoxy) is 3. The van der Waals surface area contributed by atoms with Gasteiger partial charge in [0.1, 0.15) is 0 Å². The monoisotopic (exact) mass is 189 g/mol. The Bertz CT molecular complexity index is 139. The minimum absolute atomic E-state index is 0.188. The van der Waals surface area contributed by atoms with Gasteiger partial charge in [0.25, 0.3) is 0 Å². The summed E-state index contributed by atoms with van der Waals surface area (Å²) in [5.41, 5.74) is 5.84. The summed E-state index contributed by atoms with van der Waals surface area (Å²) >= 11 is 0. The van der Waals surface area contributed by atoms with Crippen LogP contribution in [0, 0.1) is 0 Å². The summed E-state index contributed by atoms with van der Waals surface area (Å²) in [6, 6.07) is 0.189. The Hall–Kier alpha value is -0.160. The molecule has 2 atom stereocenters. The van der Waals surface area contributed by atoms with Crippen molar-refractivity contribution in [1.82, 2.24) is 0 Å². The van der Waals surface area contributed by atoms with Crippen LogP contribution < -0.4 is 5.73 Å². The van der Waals surface area contributed by atoms with Gasteiger partial charge < -0.3 is 19.9 Å². The molecule has 13 heavy (non-hydrogen) atoms. The number of rotatable bonds is 5. The first kappa shape index (κ1) is 10.9. The molecule has 4 heteroatoms. The Balaban J connectivity index is 2.17. The Morgan fingerprint density at radius 2 is 2.00 bits per heavy atom. The lowest BCUT2D eigenvalue weighted by Gasteiger charge is -2.19. The molecule has 1 aliphatic carbocycles. The van der Waals surface area contributed by atoms with Gasteiger partial charge in [-0.1, -0.05) is 0 Å². The van der Waals surface area contributed by atoms with E-state index in [-0.39, 0.29) is 18.4 Å². The second kappa shape index (κ2) is 5.54. The van der Waals surface area contributed by atoms with Gasteiger partial charge in [0.2, 0.25) is 0 Å². The first-order valence-electron chi connectivity index (χ1n) is 4.70. The Morgan fingerprint density at radius 1 is 1.31 bits per heavy atom. The predicted molar refractivity (Wildman–Crippen MR) is 49.4 cm³/mol. The minimum atomic E-state index is -0.271. The van der Waals surface area contributed by atoms with E-state index < -0.39 is 0 Å². The molecule has 0 heterocycles. The van der Waals surface area contributed by atoms with E-state index in [2.05, 4.69) is 0 Å². The maximum atomic E-state index is 5.84. The van der Waals surface area contributed by atoms with Crippen molar-refractivity contribution in [3.8, 4) is 0 Å². The van der Waals surface area contributed by atoms with Crippen molar-refractivity contribution in [2.45, 2.75) is 37.7 Å². The summed E-state index contributed by atoms with van der Waals surface area (Å²) in [5.74, 6) is 0. The van der Waals surface area contributed by atoms with Crippen LogP contribution in [0.2, 0.25) is 0 Å². The van der Waals surface area contributed by atoms with Gasteiger partial charge in [0.05, 0.1) is 12.7 Å². The van der Waals surface area contributed by atoms with Crippen molar-refractivity contribution in [3.63, 3.8) is 0 Å². The zero-order valence-corrected chi connectivity index (χ0v) is 8.36. The van der Waals surface area contributed by atoms with Gasteiger partial charge in [-0.2, -0.15) is 0 Å². The lowest BCUT2D eigenvalue weighted by molar-refractivity contribution is -0.151. The quantitative estimate of drug-likeness (QED) is 0.640. The summed E-state index contributed by atoms with van der Waals surface area (Å²) in [4.78, 5) is 0. The Labute approximate surface area is 79.3 Å². The molecule has 0 aliphatic heterocycles. The molecular weight excluding hydrogens is 170 g/mol. The molecule has 0 aromatic heterocycles. The van der Waals surface area contributed by atoms with Crippen LogP contribution in [0.5, 0.6) is 0 Å². The van der Waals surface area contributed by atoms with E-state index in [0.29, 0.717) is 6.61 Å². The predicted octanol–water partition coefficient (Wildman–Crippen LogP) is 0.502. The van der Waals surface area contributed by atoms with Gasteiger partial charge in [-0.25, -0.2) is 0 Å². The number of methoxy groups -OCH3 is 2. The SMILES string of the molecule is COC(COC1CCCC1N)OC. The minimum Gasteiger partial charge on any atom is -0.371 e. The molecule has 0 radical (unpaired) electrons. The number of hydrogen-bond donors (Lipinski definition) is 1. The lowest BCUT2D eigenvalue weighted by Crippen LogP contribution is -2.34. The molecule has 1 saturated carbocycles. The average molecular weight is 189 g/mol. The average Bonchev–Trinajstić information content (AvgIpc) is 2.54. The van der Waals surface area contributed by atoms with Crippen LogP contribution in [0.4, 0.5) is 0 Å². The molecule has 2 unspecified atom stereocenters. The Morgan fingerprint density at radius 3 is 2.46 bits per heavy atom. The van der Waals surface area contributed by atoms with Crippen LogP contribution in [0.3, 0.4) is 0 Å². The molecule has 2 N–H and O–H groups in total. The summed E-state index contributed by atoms with van der Waals surface area (Å²) in [6.07, 6.45) is 3.20. The van der Waals surface area contributed by atoms with Gasteiger partial charge >= 0.3 is 0 Å². The van der Waals surface area contributed by atoms with Crippen LogP contribution in [-0.2, 0) is 14.2 Å². The van der Waals surface area contributed by atoms with E-state index in [1.165, 1.54) is 0 Å². The van der Waals surface area contributed by atoms with Crippen LogP contribution in [0.25, 0.3) is 0 Å². The summed E-state index contributed by atoms with van der Waals surface area (Å²) in [7, 11) is 3.21. The maximum Gasteiger partial charge on any atom is 0.180 e. The molecule has 1 rings (SSSR count). The van der Waals surface area contributed by atoms with E-state index in [1.54, 1.807) is 14.2 Å². The molecule has 4 nitrogen and oxygen atoms in total. The summed E-state index contributed by atoms with van der Waals surface area (Å²) in [6.45, 7) is 0.464. The molecule has 0 spiro atoms. The first-order valence-corrected chi connectivity index (χ1v) is 4.70. The normalized spacial score (nSPS) is 28.6. The topological polar surface area (TPSA) is 53.7 Å². The third-order valence-corrected chi connectivity index (χ3v) is 2.48. The summed E-state index contributed by atoms with van der Waals surface area (Å²) < 4.78 is 15.6. The first-order chi connectivity index (χ1) is 6.27. The third-order valence-electron chi connectivity index (χ3n) is 2.48. The van der Waals surface area contributed by atoms with Crippen molar-refractivity contribution < 1.29 is 14.2 Å². The molecule has 0 aromatic rings. The van der Waals surface area contributed by atoms with E-state index in [0.717, 1.165) is 19.3 Å². The van der Waals surface area contributed by atoms with Crippen LogP contribution >= 0.6 is 0 Å². The second-order valence-electron chi connectivity index (χ2n) is 3.37. The smallest absolute Gasteiger partial charge is 0.180 e. The highest BCUT2D eigenvalue weighted by molar-refractivity contribution is 4.80. The van der Waals surface area contributed by atoms with Crippen molar-refractivity contribution >= 4 is 0 Å². The van der Waals surface area contributed by atoms with Gasteiger partial charge in [-0.3, -0.25) is 0 Å². The molecule has 1 aliphatic rings. The largest absolute Gasteiger partial charge is 0.371 e. The second-order valence-corrected chi connectivity index (χ2v) is 3.37. The van der Waals surface area contributed by atoms with Crippen LogP contribution in [0.1, 0.15) is 19.3 Å². The third kappa shape index (κ3) is 3.23. The van der Waals surface area contributed by atoms with Gasteiger partial charge in [-0.05, 0) is 19.3 Å². The number of hydrogen-bond acceptors (Lipinski definition) is 4. The van der Waals surface area contributed by atoms with Crippen molar-refractivity contribution in [1.29, 1.82) is 0 Å². The maximum absolute atomic E-state index is 5.84. The molecule has 0 saturated heterocycles. The summed E-state index contributed by atoms with van der Waals surface area (Å²) in [5, 5.41) is 0.